The van der Waals surface area contributed by atoms with E-state index < -0.39 is 5.78 Å². The Morgan fingerprint density at radius 3 is 2.16 bits per heavy atom. The van der Waals surface area contributed by atoms with E-state index in [1.54, 1.807) is 30.3 Å². The number of benzene rings is 2. The minimum absolute atomic E-state index is 0.0578. The number of carbonyl (C=O) groups excluding carboxylic acids is 3. The number of ketones is 2. The quantitative estimate of drug-likeness (QED) is 0.517. The molecule has 0 spiro atoms. The number of furan rings is 1. The summed E-state index contributed by atoms with van der Waals surface area (Å²) in [5, 5.41) is 10.3. The summed E-state index contributed by atoms with van der Waals surface area (Å²) < 4.78 is 5.82. The largest absolute Gasteiger partial charge is 0.507 e. The Kier molecular flexibility index (Phi) is 3.43. The highest BCUT2D eigenvalue weighted by atomic mass is 79.9. The Morgan fingerprint density at radius 1 is 0.920 bits per heavy atom. The fraction of sp³-hybridized carbons (Fsp3) is 0. The highest BCUT2D eigenvalue weighted by Gasteiger charge is 2.36. The molecular weight excluding hydrogens is 388 g/mol. The first kappa shape index (κ1) is 15.5. The van der Waals surface area contributed by atoms with Gasteiger partial charge in [0.2, 0.25) is 0 Å². The van der Waals surface area contributed by atoms with Crippen molar-refractivity contribution in [3.63, 3.8) is 0 Å². The molecule has 4 rings (SSSR count). The zero-order valence-electron chi connectivity index (χ0n) is 12.6. The van der Waals surface area contributed by atoms with Crippen LogP contribution in [0.25, 0.3) is 11.3 Å². The molecule has 5 nitrogen and oxygen atoms in total. The minimum Gasteiger partial charge on any atom is -0.507 e. The second-order valence-corrected chi connectivity index (χ2v) is 6.38. The first-order valence-corrected chi connectivity index (χ1v) is 8.11. The molecule has 1 aliphatic carbocycles. The van der Waals surface area contributed by atoms with E-state index in [1.807, 2.05) is 0 Å². The molecule has 0 amide bonds. The Morgan fingerprint density at radius 2 is 1.56 bits per heavy atom. The lowest BCUT2D eigenvalue weighted by atomic mass is 9.81. The molecule has 0 bridgehead atoms. The zero-order valence-corrected chi connectivity index (χ0v) is 14.2. The predicted molar refractivity (Wildman–Crippen MR) is 92.2 cm³/mol. The lowest BCUT2D eigenvalue weighted by Gasteiger charge is -2.21. The van der Waals surface area contributed by atoms with Gasteiger partial charge in [0, 0.05) is 26.7 Å². The number of phenols is 1. The van der Waals surface area contributed by atoms with Crippen LogP contribution in [0.15, 0.2) is 51.4 Å². The maximum Gasteiger partial charge on any atom is 0.198 e. The third kappa shape index (κ3) is 2.18. The Labute approximate surface area is 150 Å². The molecule has 1 aliphatic rings. The lowest BCUT2D eigenvalue weighted by Crippen LogP contribution is -2.22. The maximum atomic E-state index is 13.0. The van der Waals surface area contributed by atoms with Crippen molar-refractivity contribution in [3.05, 3.63) is 75.0 Å². The van der Waals surface area contributed by atoms with Gasteiger partial charge in [-0.2, -0.15) is 0 Å². The van der Waals surface area contributed by atoms with Crippen LogP contribution in [0.3, 0.4) is 0 Å². The smallest absolute Gasteiger partial charge is 0.198 e. The Hall–Kier alpha value is -2.99. The molecule has 0 aliphatic heterocycles. The third-order valence-electron chi connectivity index (χ3n) is 4.12. The van der Waals surface area contributed by atoms with Gasteiger partial charge < -0.3 is 9.52 Å². The molecule has 0 saturated carbocycles. The van der Waals surface area contributed by atoms with Crippen molar-refractivity contribution in [1.82, 2.24) is 0 Å². The van der Waals surface area contributed by atoms with Crippen LogP contribution in [-0.2, 0) is 0 Å². The van der Waals surface area contributed by atoms with E-state index in [2.05, 4.69) is 15.9 Å². The van der Waals surface area contributed by atoms with Crippen molar-refractivity contribution in [2.24, 2.45) is 0 Å². The predicted octanol–water partition coefficient (Wildman–Crippen LogP) is 4.00. The van der Waals surface area contributed by atoms with E-state index in [4.69, 9.17) is 4.42 Å². The molecule has 0 fully saturated rings. The fourth-order valence-electron chi connectivity index (χ4n) is 3.03. The van der Waals surface area contributed by atoms with Crippen molar-refractivity contribution in [1.29, 1.82) is 0 Å². The number of aldehydes is 1. The van der Waals surface area contributed by atoms with Gasteiger partial charge in [0.25, 0.3) is 0 Å². The standard InChI is InChI=1S/C19H9BrO5/c20-12-7-13(22)16-17(15(12)14-6-5-9(8-21)25-14)19(24)11-4-2-1-3-10(11)18(16)23/h1-8,22H. The number of aromatic hydroxyl groups is 1. The van der Waals surface area contributed by atoms with Crippen molar-refractivity contribution < 1.29 is 23.9 Å². The van der Waals surface area contributed by atoms with E-state index in [-0.39, 0.29) is 45.3 Å². The van der Waals surface area contributed by atoms with Crippen LogP contribution in [0, 0.1) is 0 Å². The van der Waals surface area contributed by atoms with Crippen molar-refractivity contribution >= 4 is 33.8 Å². The minimum atomic E-state index is -0.432. The van der Waals surface area contributed by atoms with Gasteiger partial charge in [0.05, 0.1) is 5.56 Å². The van der Waals surface area contributed by atoms with Crippen LogP contribution >= 0.6 is 15.9 Å². The molecule has 6 heteroatoms. The summed E-state index contributed by atoms with van der Waals surface area (Å²) in [4.78, 5) is 36.7. The summed E-state index contributed by atoms with van der Waals surface area (Å²) in [5.41, 5.74) is 0.833. The summed E-state index contributed by atoms with van der Waals surface area (Å²) >= 11 is 3.31. The molecule has 2 aromatic carbocycles. The Bertz CT molecular complexity index is 1080. The van der Waals surface area contributed by atoms with Crippen LogP contribution in [0.1, 0.15) is 42.4 Å². The van der Waals surface area contributed by atoms with Gasteiger partial charge in [-0.05, 0) is 34.1 Å². The van der Waals surface area contributed by atoms with E-state index in [0.717, 1.165) is 0 Å². The summed E-state index contributed by atoms with van der Waals surface area (Å²) in [6.07, 6.45) is 0.548. The number of rotatable bonds is 2. The molecule has 1 heterocycles. The average Bonchev–Trinajstić information content (AvgIpc) is 3.08. The van der Waals surface area contributed by atoms with Gasteiger partial charge in [0.1, 0.15) is 11.5 Å². The molecule has 3 aromatic rings. The van der Waals surface area contributed by atoms with Crippen molar-refractivity contribution in [2.45, 2.75) is 0 Å². The number of carbonyl (C=O) groups is 3. The molecule has 0 atom stereocenters. The van der Waals surface area contributed by atoms with E-state index in [0.29, 0.717) is 16.3 Å². The van der Waals surface area contributed by atoms with Crippen LogP contribution in [0.2, 0.25) is 0 Å². The van der Waals surface area contributed by atoms with Crippen molar-refractivity contribution in [2.75, 3.05) is 0 Å². The summed E-state index contributed by atoms with van der Waals surface area (Å²) in [6.45, 7) is 0. The van der Waals surface area contributed by atoms with Crippen molar-refractivity contribution in [3.8, 4) is 17.1 Å². The van der Waals surface area contributed by atoms with E-state index >= 15 is 0 Å². The van der Waals surface area contributed by atoms with Gasteiger partial charge in [-0.25, -0.2) is 0 Å². The molecule has 0 unspecified atom stereocenters. The van der Waals surface area contributed by atoms with Crippen LogP contribution < -0.4 is 0 Å². The number of halogens is 1. The number of fused-ring (bicyclic) bond motifs is 2. The number of hydrogen-bond acceptors (Lipinski definition) is 5. The van der Waals surface area contributed by atoms with Crippen LogP contribution in [0.5, 0.6) is 5.75 Å². The zero-order chi connectivity index (χ0) is 17.7. The number of hydrogen-bond donors (Lipinski definition) is 1. The van der Waals surface area contributed by atoms with Crippen LogP contribution in [0.4, 0.5) is 0 Å². The second-order valence-electron chi connectivity index (χ2n) is 5.53. The van der Waals surface area contributed by atoms with Gasteiger partial charge in [0.15, 0.2) is 23.6 Å². The monoisotopic (exact) mass is 396 g/mol. The van der Waals surface area contributed by atoms with Gasteiger partial charge in [-0.3, -0.25) is 14.4 Å². The summed E-state index contributed by atoms with van der Waals surface area (Å²) in [7, 11) is 0. The topological polar surface area (TPSA) is 84.6 Å². The normalized spacial score (nSPS) is 12.7. The highest BCUT2D eigenvalue weighted by molar-refractivity contribution is 9.10. The van der Waals surface area contributed by atoms with Gasteiger partial charge in [-0.1, -0.05) is 24.3 Å². The lowest BCUT2D eigenvalue weighted by molar-refractivity contribution is 0.0977. The molecule has 1 aromatic heterocycles. The SMILES string of the molecule is O=Cc1ccc(-c2c(Br)cc(O)c3c2C(=O)c2ccccc2C3=O)o1. The molecule has 1 N–H and O–H groups in total. The second kappa shape index (κ2) is 5.53. The third-order valence-corrected chi connectivity index (χ3v) is 4.74. The fourth-order valence-corrected chi connectivity index (χ4v) is 3.64. The average molecular weight is 397 g/mol. The summed E-state index contributed by atoms with van der Waals surface area (Å²) in [5.74, 6) is -0.760. The first-order chi connectivity index (χ1) is 12.0. The molecule has 0 saturated heterocycles. The first-order valence-electron chi connectivity index (χ1n) is 7.32. The molecule has 0 radical (unpaired) electrons. The molecule has 25 heavy (non-hydrogen) atoms. The van der Waals surface area contributed by atoms with Gasteiger partial charge >= 0.3 is 0 Å². The Balaban J connectivity index is 2.08. The number of phenolic OH excluding ortho intramolecular Hbond substituents is 1. The van der Waals surface area contributed by atoms with E-state index in [9.17, 15) is 19.5 Å². The molecule has 122 valence electrons. The highest BCUT2D eigenvalue weighted by Crippen LogP contribution is 2.43. The van der Waals surface area contributed by atoms with E-state index in [1.165, 1.54) is 12.1 Å². The van der Waals surface area contributed by atoms with Crippen LogP contribution in [-0.4, -0.2) is 23.0 Å². The molecular formula is C19H9BrO5. The maximum absolute atomic E-state index is 13.0. The van der Waals surface area contributed by atoms with Gasteiger partial charge in [-0.15, -0.1) is 0 Å². The summed E-state index contributed by atoms with van der Waals surface area (Å²) in [6, 6.07) is 10.8.